The van der Waals surface area contributed by atoms with Gasteiger partial charge in [-0.2, -0.15) is 0 Å². The highest BCUT2D eigenvalue weighted by atomic mass is 28.1. The number of hydrogen-bond acceptors (Lipinski definition) is 4. The molecule has 9 heteroatoms. The fourth-order valence-corrected chi connectivity index (χ4v) is 7.97. The number of hydrogen-bond donors (Lipinski definition) is 4. The van der Waals surface area contributed by atoms with Crippen molar-refractivity contribution in [3.05, 3.63) is 44.6 Å². The molecule has 0 bridgehead atoms. The van der Waals surface area contributed by atoms with Crippen LogP contribution in [0.5, 0.6) is 0 Å². The van der Waals surface area contributed by atoms with Crippen LogP contribution in [0.1, 0.15) is 166 Å². The van der Waals surface area contributed by atoms with Crippen molar-refractivity contribution < 1.29 is 39.6 Å². The van der Waals surface area contributed by atoms with Crippen LogP contribution in [0.4, 0.5) is 0 Å². The molecule has 0 saturated heterocycles. The first kappa shape index (κ1) is 63.2. The molecule has 0 aromatic rings. The van der Waals surface area contributed by atoms with E-state index in [1.54, 1.807) is 0 Å². The van der Waals surface area contributed by atoms with Crippen molar-refractivity contribution in [2.75, 3.05) is 0 Å². The normalized spacial score (nSPS) is 11.0. The summed E-state index contributed by atoms with van der Waals surface area (Å²) in [5.74, 6) is -0.234. The second-order valence-electron chi connectivity index (χ2n) is 18.6. The Hall–Kier alpha value is -2.94. The van der Waals surface area contributed by atoms with Gasteiger partial charge >= 0.3 is 23.9 Å². The number of allylic oxidation sites excluding steroid dienone is 4. The summed E-state index contributed by atoms with van der Waals surface area (Å²) >= 11 is 0. The quantitative estimate of drug-likeness (QED) is 0.0888. The maximum absolute atomic E-state index is 11.1. The topological polar surface area (TPSA) is 149 Å². The van der Waals surface area contributed by atoms with E-state index in [0.717, 1.165) is 22.3 Å². The Bertz CT molecular complexity index is 1110. The molecule has 0 atom stereocenters. The van der Waals surface area contributed by atoms with E-state index >= 15 is 0 Å². The van der Waals surface area contributed by atoms with Crippen LogP contribution in [0.15, 0.2) is 44.6 Å². The molecular formula is C48H88O8Si. The van der Waals surface area contributed by atoms with Crippen LogP contribution >= 0.6 is 0 Å². The Morgan fingerprint density at radius 1 is 0.228 bits per heavy atom. The lowest BCUT2D eigenvalue weighted by atomic mass is 9.84. The van der Waals surface area contributed by atoms with Gasteiger partial charge in [-0.05, 0) is 71.0 Å². The number of rotatable bonds is 16. The number of carboxylic acid groups (broad SMARTS) is 4. The van der Waals surface area contributed by atoms with Crippen molar-refractivity contribution in [1.29, 1.82) is 0 Å². The first-order valence-corrected chi connectivity index (χ1v) is 21.0. The van der Waals surface area contributed by atoms with Gasteiger partial charge < -0.3 is 20.4 Å². The minimum absolute atomic E-state index is 0. The molecule has 0 saturated carbocycles. The van der Waals surface area contributed by atoms with Crippen LogP contribution in [0.3, 0.4) is 0 Å². The van der Waals surface area contributed by atoms with Crippen LogP contribution in [0.2, 0.25) is 0 Å². The van der Waals surface area contributed by atoms with Crippen molar-refractivity contribution in [3.8, 4) is 0 Å². The highest BCUT2D eigenvalue weighted by Crippen LogP contribution is 2.31. The summed E-state index contributed by atoms with van der Waals surface area (Å²) in [5, 5.41) is 36.6. The summed E-state index contributed by atoms with van der Waals surface area (Å²) in [7, 11) is 0. The van der Waals surface area contributed by atoms with Crippen molar-refractivity contribution >= 4 is 34.8 Å². The fourth-order valence-electron chi connectivity index (χ4n) is 7.97. The SMILES string of the molecule is CC(C)C(C(=O)O)=C(C(C)C)C(C)C.CC(C)C(C(=O)O)=C(C(C)C)C(C)C.CC(C)C(C(=O)O)=C(C(C)C)C(C)C.CC(C)C(C(=O)O)=C(C(C)C)C(C)C.[Si]. The van der Waals surface area contributed by atoms with Crippen molar-refractivity contribution in [1.82, 2.24) is 0 Å². The molecule has 0 unspecified atom stereocenters. The molecule has 0 rings (SSSR count). The lowest BCUT2D eigenvalue weighted by molar-refractivity contribution is -0.134. The summed E-state index contributed by atoms with van der Waals surface area (Å²) in [5.41, 5.74) is 6.68. The van der Waals surface area contributed by atoms with E-state index in [-0.39, 0.29) is 34.6 Å². The molecule has 0 aliphatic heterocycles. The average Bonchev–Trinajstić information content (AvgIpc) is 2.97. The molecule has 0 aromatic carbocycles. The Morgan fingerprint density at radius 2 is 0.316 bits per heavy atom. The van der Waals surface area contributed by atoms with Gasteiger partial charge in [0.25, 0.3) is 0 Å². The lowest BCUT2D eigenvalue weighted by Crippen LogP contribution is -2.16. The third-order valence-electron chi connectivity index (χ3n) is 9.45. The molecule has 0 aromatic heterocycles. The van der Waals surface area contributed by atoms with E-state index in [0.29, 0.717) is 69.6 Å². The zero-order valence-electron chi connectivity index (χ0n) is 40.9. The summed E-state index contributed by atoms with van der Waals surface area (Å²) in [6.07, 6.45) is 0. The second kappa shape index (κ2) is 30.1. The summed E-state index contributed by atoms with van der Waals surface area (Å²) < 4.78 is 0. The summed E-state index contributed by atoms with van der Waals surface area (Å²) in [6.45, 7) is 48.4. The Kier molecular flexibility index (Phi) is 33.4. The minimum Gasteiger partial charge on any atom is -0.478 e. The number of carbonyl (C=O) groups is 4. The predicted octanol–water partition coefficient (Wildman–Crippen LogP) is 13.0. The molecule has 0 heterocycles. The van der Waals surface area contributed by atoms with Crippen LogP contribution in [0.25, 0.3) is 0 Å². The molecule has 57 heavy (non-hydrogen) atoms. The Labute approximate surface area is 355 Å². The first-order valence-electron chi connectivity index (χ1n) is 21.0. The second-order valence-corrected chi connectivity index (χ2v) is 18.6. The number of carboxylic acids is 4. The molecule has 4 N–H and O–H groups in total. The maximum atomic E-state index is 11.1. The molecule has 332 valence electrons. The molecule has 0 fully saturated rings. The van der Waals surface area contributed by atoms with Gasteiger partial charge in [-0.15, -0.1) is 0 Å². The van der Waals surface area contributed by atoms with Gasteiger partial charge in [0.05, 0.1) is 0 Å². The Morgan fingerprint density at radius 3 is 0.333 bits per heavy atom. The van der Waals surface area contributed by atoms with Gasteiger partial charge in [-0.25, -0.2) is 19.2 Å². The maximum Gasteiger partial charge on any atom is 0.331 e. The fraction of sp³-hybridized carbons (Fsp3) is 0.750. The van der Waals surface area contributed by atoms with Gasteiger partial charge in [0.2, 0.25) is 0 Å². The van der Waals surface area contributed by atoms with Gasteiger partial charge in [-0.1, -0.05) is 188 Å². The van der Waals surface area contributed by atoms with Gasteiger partial charge in [0, 0.05) is 33.3 Å². The minimum atomic E-state index is -0.766. The summed E-state index contributed by atoms with van der Waals surface area (Å²) in [4.78, 5) is 44.5. The molecule has 0 aliphatic carbocycles. The smallest absolute Gasteiger partial charge is 0.331 e. The highest BCUT2D eigenvalue weighted by Gasteiger charge is 2.25. The van der Waals surface area contributed by atoms with E-state index in [1.165, 1.54) is 0 Å². The van der Waals surface area contributed by atoms with Gasteiger partial charge in [-0.3, -0.25) is 0 Å². The largest absolute Gasteiger partial charge is 0.478 e. The van der Waals surface area contributed by atoms with Crippen molar-refractivity contribution in [2.24, 2.45) is 71.0 Å². The summed E-state index contributed by atoms with van der Waals surface area (Å²) in [6, 6.07) is 0. The van der Waals surface area contributed by atoms with Crippen LogP contribution in [-0.2, 0) is 19.2 Å². The van der Waals surface area contributed by atoms with E-state index in [4.69, 9.17) is 20.4 Å². The molecular weight excluding hydrogens is 733 g/mol. The zero-order valence-corrected chi connectivity index (χ0v) is 41.9. The Balaban J connectivity index is -0.000000210. The van der Waals surface area contributed by atoms with Crippen LogP contribution in [0, 0.1) is 71.0 Å². The van der Waals surface area contributed by atoms with Crippen LogP contribution < -0.4 is 0 Å². The standard InChI is InChI=1S/4C12H22O2.Si/c4*1-7(2)10(8(3)4)11(9(5)6)12(13)14;/h4*7-9H,1-6H3,(H,13,14);. The van der Waals surface area contributed by atoms with Gasteiger partial charge in [0.15, 0.2) is 0 Å². The molecule has 0 aliphatic rings. The monoisotopic (exact) mass is 821 g/mol. The molecule has 0 spiro atoms. The number of aliphatic carboxylic acids is 4. The van der Waals surface area contributed by atoms with E-state index in [1.807, 2.05) is 55.4 Å². The first-order chi connectivity index (χ1) is 25.1. The predicted molar refractivity (Wildman–Crippen MR) is 242 cm³/mol. The van der Waals surface area contributed by atoms with Crippen LogP contribution in [-0.4, -0.2) is 55.3 Å². The third kappa shape index (κ3) is 23.3. The van der Waals surface area contributed by atoms with E-state index in [2.05, 4.69) is 111 Å². The average molecular weight is 821 g/mol. The zero-order chi connectivity index (χ0) is 45.9. The van der Waals surface area contributed by atoms with E-state index in [9.17, 15) is 19.2 Å². The molecule has 4 radical (unpaired) electrons. The van der Waals surface area contributed by atoms with E-state index < -0.39 is 23.9 Å². The third-order valence-corrected chi connectivity index (χ3v) is 9.45. The van der Waals surface area contributed by atoms with Crippen molar-refractivity contribution in [3.63, 3.8) is 0 Å². The molecule has 8 nitrogen and oxygen atoms in total. The van der Waals surface area contributed by atoms with Gasteiger partial charge in [0.1, 0.15) is 0 Å². The lowest BCUT2D eigenvalue weighted by Gasteiger charge is -2.21. The molecule has 0 amide bonds. The van der Waals surface area contributed by atoms with Crippen molar-refractivity contribution in [2.45, 2.75) is 166 Å². The highest BCUT2D eigenvalue weighted by molar-refractivity contribution is 5.89.